The van der Waals surface area contributed by atoms with Crippen molar-refractivity contribution < 1.29 is 5.11 Å². The van der Waals surface area contributed by atoms with Gasteiger partial charge < -0.3 is 15.7 Å². The Balaban J connectivity index is 0.00000441. The van der Waals surface area contributed by atoms with Crippen molar-refractivity contribution in [3.63, 3.8) is 0 Å². The lowest BCUT2D eigenvalue weighted by Crippen LogP contribution is -2.38. The van der Waals surface area contributed by atoms with Crippen LogP contribution < -0.4 is 10.6 Å². The molecule has 0 aromatic heterocycles. The number of nitrogens with zero attached hydrogens (tertiary/aromatic N) is 1. The quantitative estimate of drug-likeness (QED) is 0.184. The molecule has 0 spiro atoms. The lowest BCUT2D eigenvalue weighted by Gasteiger charge is -2.12. The van der Waals surface area contributed by atoms with Crippen molar-refractivity contribution in [2.75, 3.05) is 32.0 Å². The number of thioether (sulfide) groups is 1. The number of aliphatic hydroxyl groups is 1. The highest BCUT2D eigenvalue weighted by molar-refractivity contribution is 14.0. The van der Waals surface area contributed by atoms with E-state index in [0.29, 0.717) is 6.54 Å². The van der Waals surface area contributed by atoms with Gasteiger partial charge in [-0.25, -0.2) is 0 Å². The summed E-state index contributed by atoms with van der Waals surface area (Å²) in [6, 6.07) is 7.85. The highest BCUT2D eigenvalue weighted by Crippen LogP contribution is 2.19. The summed E-state index contributed by atoms with van der Waals surface area (Å²) in [6.07, 6.45) is 0. The molecule has 1 unspecified atom stereocenters. The Morgan fingerprint density at radius 2 is 2.00 bits per heavy atom. The van der Waals surface area contributed by atoms with Gasteiger partial charge in [-0.3, -0.25) is 4.99 Å². The summed E-state index contributed by atoms with van der Waals surface area (Å²) < 4.78 is 0. The molecule has 0 saturated carbocycles. The van der Waals surface area contributed by atoms with Crippen molar-refractivity contribution in [3.8, 4) is 0 Å². The zero-order valence-corrected chi connectivity index (χ0v) is 16.9. The van der Waals surface area contributed by atoms with E-state index in [1.165, 1.54) is 4.90 Å². The van der Waals surface area contributed by atoms with Gasteiger partial charge in [0.15, 0.2) is 5.96 Å². The van der Waals surface area contributed by atoms with Crippen LogP contribution in [0.3, 0.4) is 0 Å². The van der Waals surface area contributed by atoms with Crippen LogP contribution in [0.4, 0.5) is 0 Å². The van der Waals surface area contributed by atoms with Crippen LogP contribution in [-0.2, 0) is 0 Å². The van der Waals surface area contributed by atoms with Gasteiger partial charge in [0.25, 0.3) is 0 Å². The Hall–Kier alpha value is -0.180. The van der Waals surface area contributed by atoms with Gasteiger partial charge in [-0.05, 0) is 37.1 Å². The first-order valence-electron chi connectivity index (χ1n) is 7.17. The smallest absolute Gasteiger partial charge is 0.191 e. The second kappa shape index (κ2) is 13.3. The number of benzene rings is 1. The van der Waals surface area contributed by atoms with Gasteiger partial charge in [0.05, 0.1) is 0 Å². The molecule has 0 aliphatic heterocycles. The summed E-state index contributed by atoms with van der Waals surface area (Å²) in [7, 11) is 0. The zero-order chi connectivity index (χ0) is 15.5. The van der Waals surface area contributed by atoms with Crippen molar-refractivity contribution in [1.29, 1.82) is 0 Å². The molecule has 0 bridgehead atoms. The molecule has 7 heteroatoms. The maximum atomic E-state index is 9.01. The van der Waals surface area contributed by atoms with Gasteiger partial charge in [-0.15, -0.1) is 35.7 Å². The normalized spacial score (nSPS) is 12.5. The third-order valence-corrected chi connectivity index (χ3v) is 3.96. The van der Waals surface area contributed by atoms with Gasteiger partial charge >= 0.3 is 0 Å². The zero-order valence-electron chi connectivity index (χ0n) is 13.0. The molecule has 4 nitrogen and oxygen atoms in total. The van der Waals surface area contributed by atoms with E-state index in [9.17, 15) is 0 Å². The second-order valence-electron chi connectivity index (χ2n) is 4.74. The Labute approximate surface area is 159 Å². The summed E-state index contributed by atoms with van der Waals surface area (Å²) in [5, 5.41) is 16.3. The maximum absolute atomic E-state index is 9.01. The molecule has 0 aliphatic rings. The number of nitrogens with one attached hydrogen (secondary N) is 2. The monoisotopic (exact) mass is 457 g/mol. The van der Waals surface area contributed by atoms with Crippen molar-refractivity contribution in [1.82, 2.24) is 10.6 Å². The number of rotatable bonds is 8. The first-order valence-corrected chi connectivity index (χ1v) is 8.53. The number of aliphatic imine (C=N–C) groups is 1. The summed E-state index contributed by atoms with van der Waals surface area (Å²) in [6.45, 7) is 6.44. The average molecular weight is 458 g/mol. The number of hydrogen-bond donors (Lipinski definition) is 3. The van der Waals surface area contributed by atoms with Gasteiger partial charge in [-0.2, -0.15) is 0 Å². The number of hydrogen-bond acceptors (Lipinski definition) is 3. The molecule has 0 heterocycles. The topological polar surface area (TPSA) is 56.7 Å². The fourth-order valence-electron chi connectivity index (χ4n) is 1.52. The minimum absolute atomic E-state index is 0. The fourth-order valence-corrected chi connectivity index (χ4v) is 2.41. The number of halogens is 2. The molecule has 0 amide bonds. The van der Waals surface area contributed by atoms with E-state index in [4.69, 9.17) is 16.7 Å². The van der Waals surface area contributed by atoms with Crippen LogP contribution in [0.5, 0.6) is 0 Å². The van der Waals surface area contributed by atoms with E-state index < -0.39 is 0 Å². The summed E-state index contributed by atoms with van der Waals surface area (Å²) in [5.41, 5.74) is 0. The third kappa shape index (κ3) is 9.76. The van der Waals surface area contributed by atoms with Crippen molar-refractivity contribution in [2.24, 2.45) is 10.9 Å². The Morgan fingerprint density at radius 3 is 2.59 bits per heavy atom. The highest BCUT2D eigenvalue weighted by atomic mass is 127. The number of guanidine groups is 1. The van der Waals surface area contributed by atoms with Crippen LogP contribution in [0.15, 0.2) is 34.2 Å². The lowest BCUT2D eigenvalue weighted by molar-refractivity contribution is 0.241. The molecule has 1 aromatic carbocycles. The van der Waals surface area contributed by atoms with Crippen molar-refractivity contribution >= 4 is 53.3 Å². The minimum Gasteiger partial charge on any atom is -0.396 e. The number of aliphatic hydroxyl groups excluding tert-OH is 1. The van der Waals surface area contributed by atoms with Crippen LogP contribution in [0.25, 0.3) is 0 Å². The van der Waals surface area contributed by atoms with E-state index in [1.807, 2.05) is 38.1 Å². The minimum atomic E-state index is 0. The summed E-state index contributed by atoms with van der Waals surface area (Å²) in [4.78, 5) is 5.65. The van der Waals surface area contributed by atoms with E-state index in [2.05, 4.69) is 15.6 Å². The van der Waals surface area contributed by atoms with E-state index in [1.54, 1.807) is 11.8 Å². The van der Waals surface area contributed by atoms with Crippen molar-refractivity contribution in [3.05, 3.63) is 29.3 Å². The molecule has 0 fully saturated rings. The van der Waals surface area contributed by atoms with Gasteiger partial charge in [-0.1, -0.05) is 18.5 Å². The third-order valence-electron chi connectivity index (χ3n) is 2.69. The molecule has 22 heavy (non-hydrogen) atoms. The molecule has 1 aromatic rings. The maximum Gasteiger partial charge on any atom is 0.191 e. The standard InChI is InChI=1S/C15H24ClN3OS.HI/c1-3-17-15(19-10-12(2)11-20)18-8-9-21-14-6-4-13(16)5-7-14;/h4-7,12,20H,3,8-11H2,1-2H3,(H2,17,18,19);1H. The van der Waals surface area contributed by atoms with E-state index >= 15 is 0 Å². The van der Waals surface area contributed by atoms with E-state index in [-0.39, 0.29) is 36.5 Å². The van der Waals surface area contributed by atoms with Crippen LogP contribution in [0.1, 0.15) is 13.8 Å². The molecule has 126 valence electrons. The first-order chi connectivity index (χ1) is 10.2. The van der Waals surface area contributed by atoms with Crippen LogP contribution in [0.2, 0.25) is 5.02 Å². The predicted octanol–water partition coefficient (Wildman–Crippen LogP) is 3.23. The average Bonchev–Trinajstić information content (AvgIpc) is 2.50. The lowest BCUT2D eigenvalue weighted by atomic mass is 10.2. The molecule has 1 rings (SSSR count). The second-order valence-corrected chi connectivity index (χ2v) is 6.34. The van der Waals surface area contributed by atoms with Gasteiger partial charge in [0.2, 0.25) is 0 Å². The Morgan fingerprint density at radius 1 is 1.32 bits per heavy atom. The largest absolute Gasteiger partial charge is 0.396 e. The molecule has 0 radical (unpaired) electrons. The van der Waals surface area contributed by atoms with Crippen LogP contribution in [-0.4, -0.2) is 43.1 Å². The first kappa shape index (κ1) is 21.8. The predicted molar refractivity (Wildman–Crippen MR) is 108 cm³/mol. The summed E-state index contributed by atoms with van der Waals surface area (Å²) >= 11 is 7.63. The molecular weight excluding hydrogens is 433 g/mol. The SMILES string of the molecule is CCNC(=NCC(C)CO)NCCSc1ccc(Cl)cc1.I. The fraction of sp³-hybridized carbons (Fsp3) is 0.533. The van der Waals surface area contributed by atoms with Crippen LogP contribution in [0, 0.1) is 5.92 Å². The summed E-state index contributed by atoms with van der Waals surface area (Å²) in [5.74, 6) is 1.93. The highest BCUT2D eigenvalue weighted by Gasteiger charge is 2.01. The van der Waals surface area contributed by atoms with Crippen molar-refractivity contribution in [2.45, 2.75) is 18.7 Å². The van der Waals surface area contributed by atoms with E-state index in [0.717, 1.165) is 29.8 Å². The molecule has 0 aliphatic carbocycles. The Kier molecular flexibility index (Phi) is 13.2. The van der Waals surface area contributed by atoms with Gasteiger partial charge in [0, 0.05) is 41.9 Å². The Bertz CT molecular complexity index is 431. The molecular formula is C15H25ClIN3OS. The van der Waals surface area contributed by atoms with Gasteiger partial charge in [0.1, 0.15) is 0 Å². The molecule has 3 N–H and O–H groups in total. The molecule has 1 atom stereocenters. The van der Waals surface area contributed by atoms with Crippen LogP contribution >= 0.6 is 47.3 Å². The molecule has 0 saturated heterocycles.